The predicted molar refractivity (Wildman–Crippen MR) is 116 cm³/mol. The number of nitrogens with two attached hydrogens (primary N) is 2. The van der Waals surface area contributed by atoms with Gasteiger partial charge in [0.05, 0.1) is 18.2 Å². The molecule has 0 heterocycles. The molecule has 4 N–H and O–H groups in total. The van der Waals surface area contributed by atoms with Gasteiger partial charge in [-0.1, -0.05) is 35.8 Å². The first-order chi connectivity index (χ1) is 12.1. The van der Waals surface area contributed by atoms with Crippen molar-refractivity contribution in [2.24, 2.45) is 11.7 Å². The van der Waals surface area contributed by atoms with Gasteiger partial charge < -0.3 is 16.2 Å². The number of nitrogen functional groups attached to an aromatic ring is 1. The number of carbonyl (C=O) groups is 2. The Morgan fingerprint density at radius 1 is 1.15 bits per heavy atom. The summed E-state index contributed by atoms with van der Waals surface area (Å²) < 4.78 is 6.25. The molecule has 0 saturated heterocycles. The molecule has 26 heavy (non-hydrogen) atoms. The monoisotopic (exact) mass is 532 g/mol. The van der Waals surface area contributed by atoms with Crippen LogP contribution in [0.25, 0.3) is 0 Å². The van der Waals surface area contributed by atoms with E-state index in [9.17, 15) is 9.59 Å². The number of primary amides is 1. The van der Waals surface area contributed by atoms with Crippen molar-refractivity contribution in [1.29, 1.82) is 0 Å². The van der Waals surface area contributed by atoms with Crippen LogP contribution in [0, 0.1) is 9.49 Å². The quantitative estimate of drug-likeness (QED) is 0.346. The number of anilines is 1. The third-order valence-corrected chi connectivity index (χ3v) is 4.79. The maximum atomic E-state index is 11.1. The molecule has 0 radical (unpaired) electrons. The summed E-state index contributed by atoms with van der Waals surface area (Å²) in [5, 5.41) is 0. The van der Waals surface area contributed by atoms with E-state index in [1.165, 1.54) is 12.7 Å². The van der Waals surface area contributed by atoms with Crippen molar-refractivity contribution in [3.8, 4) is 0 Å². The van der Waals surface area contributed by atoms with Gasteiger partial charge in [-0.3, -0.25) is 4.79 Å². The molecule has 0 fully saturated rings. The molecular weight excluding hydrogens is 511 g/mol. The average Bonchev–Trinajstić information content (AvgIpc) is 2.58. The summed E-state index contributed by atoms with van der Waals surface area (Å²) in [6.07, 6.45) is 0.983. The first kappa shape index (κ1) is 22.4. The van der Waals surface area contributed by atoms with Gasteiger partial charge in [0.15, 0.2) is 0 Å². The van der Waals surface area contributed by atoms with E-state index in [1.54, 1.807) is 18.2 Å². The average molecular weight is 533 g/mol. The summed E-state index contributed by atoms with van der Waals surface area (Å²) >= 11 is 5.36. The molecule has 0 unspecified atom stereocenters. The van der Waals surface area contributed by atoms with Crippen LogP contribution in [0.2, 0.25) is 0 Å². The number of methoxy groups -OCH3 is 1. The minimum atomic E-state index is -0.422. The van der Waals surface area contributed by atoms with E-state index >= 15 is 0 Å². The second-order valence-corrected chi connectivity index (χ2v) is 8.08. The lowest BCUT2D eigenvalue weighted by molar-refractivity contribution is 0.0601. The van der Waals surface area contributed by atoms with Gasteiger partial charge in [-0.2, -0.15) is 0 Å². The van der Waals surface area contributed by atoms with Crippen LogP contribution in [0.5, 0.6) is 0 Å². The van der Waals surface area contributed by atoms with Gasteiger partial charge in [0.2, 0.25) is 5.91 Å². The Labute approximate surface area is 175 Å². The standard InChI is InChI=1S/C11H14INO.C8H8BrNO2/c1-7(2)5-8-3-4-10(12)9(6-8)11(13)14;1-12-8(11)6-4-5(9)2-3-7(6)10/h3-4,6-7H,5H2,1-2H3,(H2,13,14);2-4H,10H2,1H3. The zero-order valence-electron chi connectivity index (χ0n) is 14.9. The van der Waals surface area contributed by atoms with Crippen molar-refractivity contribution in [3.05, 3.63) is 61.1 Å². The number of halogens is 2. The van der Waals surface area contributed by atoms with E-state index in [0.29, 0.717) is 22.7 Å². The highest BCUT2D eigenvalue weighted by Crippen LogP contribution is 2.19. The highest BCUT2D eigenvalue weighted by atomic mass is 127. The summed E-state index contributed by atoms with van der Waals surface area (Å²) in [5.74, 6) is -0.176. The molecule has 0 spiro atoms. The van der Waals surface area contributed by atoms with Crippen LogP contribution >= 0.6 is 38.5 Å². The van der Waals surface area contributed by atoms with Crippen molar-refractivity contribution in [2.75, 3.05) is 12.8 Å². The fourth-order valence-electron chi connectivity index (χ4n) is 2.17. The van der Waals surface area contributed by atoms with Crippen LogP contribution in [0.4, 0.5) is 5.69 Å². The first-order valence-electron chi connectivity index (χ1n) is 7.87. The van der Waals surface area contributed by atoms with E-state index in [2.05, 4.69) is 57.1 Å². The molecule has 140 valence electrons. The summed E-state index contributed by atoms with van der Waals surface area (Å²) in [4.78, 5) is 22.1. The zero-order valence-corrected chi connectivity index (χ0v) is 18.6. The Morgan fingerprint density at radius 2 is 1.81 bits per heavy atom. The van der Waals surface area contributed by atoms with Crippen LogP contribution in [0.1, 0.15) is 40.1 Å². The van der Waals surface area contributed by atoms with Gasteiger partial charge in [0, 0.05) is 13.7 Å². The SMILES string of the molecule is CC(C)Cc1ccc(I)c(C(N)=O)c1.COC(=O)c1cc(Br)ccc1N. The Kier molecular flexibility index (Phi) is 9.07. The lowest BCUT2D eigenvalue weighted by atomic mass is 10.0. The fraction of sp³-hybridized carbons (Fsp3) is 0.263. The molecule has 5 nitrogen and oxygen atoms in total. The molecule has 0 bridgehead atoms. The lowest BCUT2D eigenvalue weighted by Gasteiger charge is -2.07. The number of rotatable bonds is 4. The third-order valence-electron chi connectivity index (χ3n) is 3.36. The molecule has 0 aliphatic rings. The van der Waals surface area contributed by atoms with Crippen molar-refractivity contribution in [1.82, 2.24) is 0 Å². The number of hydrogen-bond donors (Lipinski definition) is 2. The number of esters is 1. The van der Waals surface area contributed by atoms with Crippen LogP contribution in [0.3, 0.4) is 0 Å². The first-order valence-corrected chi connectivity index (χ1v) is 9.74. The lowest BCUT2D eigenvalue weighted by Crippen LogP contribution is -2.13. The van der Waals surface area contributed by atoms with Crippen molar-refractivity contribution in [3.63, 3.8) is 0 Å². The van der Waals surface area contributed by atoms with Gasteiger partial charge in [-0.05, 0) is 70.8 Å². The van der Waals surface area contributed by atoms with E-state index in [4.69, 9.17) is 11.5 Å². The maximum Gasteiger partial charge on any atom is 0.339 e. The Balaban J connectivity index is 0.000000263. The van der Waals surface area contributed by atoms with Crippen molar-refractivity contribution in [2.45, 2.75) is 20.3 Å². The molecule has 2 aromatic carbocycles. The number of carbonyl (C=O) groups excluding carboxylic acids is 2. The summed E-state index contributed by atoms with van der Waals surface area (Å²) in [6, 6.07) is 10.9. The number of hydrogen-bond acceptors (Lipinski definition) is 4. The van der Waals surface area contributed by atoms with E-state index < -0.39 is 5.97 Å². The van der Waals surface area contributed by atoms with E-state index in [0.717, 1.165) is 14.5 Å². The molecule has 0 atom stereocenters. The van der Waals surface area contributed by atoms with Crippen LogP contribution in [0.15, 0.2) is 40.9 Å². The molecule has 0 aromatic heterocycles. The second-order valence-electron chi connectivity index (χ2n) is 6.00. The molecule has 0 aliphatic carbocycles. The van der Waals surface area contributed by atoms with Crippen LogP contribution in [-0.2, 0) is 11.2 Å². The molecule has 2 rings (SSSR count). The summed E-state index contributed by atoms with van der Waals surface area (Å²) in [6.45, 7) is 4.31. The van der Waals surface area contributed by atoms with Gasteiger partial charge in [-0.15, -0.1) is 0 Å². The van der Waals surface area contributed by atoms with Gasteiger partial charge in [0.1, 0.15) is 0 Å². The molecule has 2 aromatic rings. The third kappa shape index (κ3) is 6.95. The van der Waals surface area contributed by atoms with Crippen LogP contribution in [-0.4, -0.2) is 19.0 Å². The largest absolute Gasteiger partial charge is 0.465 e. The van der Waals surface area contributed by atoms with Crippen molar-refractivity contribution < 1.29 is 14.3 Å². The highest BCUT2D eigenvalue weighted by Gasteiger charge is 2.09. The molecule has 7 heteroatoms. The van der Waals surface area contributed by atoms with Gasteiger partial charge in [-0.25, -0.2) is 4.79 Å². The Bertz CT molecular complexity index is 794. The minimum absolute atomic E-state index is 0.347. The summed E-state index contributed by atoms with van der Waals surface area (Å²) in [7, 11) is 1.32. The topological polar surface area (TPSA) is 95.4 Å². The van der Waals surface area contributed by atoms with E-state index in [-0.39, 0.29) is 5.91 Å². The van der Waals surface area contributed by atoms with Gasteiger partial charge >= 0.3 is 5.97 Å². The predicted octanol–water partition coefficient (Wildman–Crippen LogP) is 4.41. The molecule has 1 amide bonds. The number of amides is 1. The maximum absolute atomic E-state index is 11.1. The second kappa shape index (κ2) is 10.5. The van der Waals surface area contributed by atoms with E-state index in [1.807, 2.05) is 18.2 Å². The fourth-order valence-corrected chi connectivity index (χ4v) is 3.14. The molecule has 0 aliphatic heterocycles. The minimum Gasteiger partial charge on any atom is -0.465 e. The molecule has 0 saturated carbocycles. The molecular formula is C19H22BrIN2O3. The normalized spacial score (nSPS) is 10.1. The van der Waals surface area contributed by atoms with Crippen LogP contribution < -0.4 is 11.5 Å². The zero-order chi connectivity index (χ0) is 19.9. The smallest absolute Gasteiger partial charge is 0.339 e. The highest BCUT2D eigenvalue weighted by molar-refractivity contribution is 14.1. The Morgan fingerprint density at radius 3 is 2.35 bits per heavy atom. The number of ether oxygens (including phenoxy) is 1. The summed E-state index contributed by atoms with van der Waals surface area (Å²) in [5.41, 5.74) is 13.4. The number of benzene rings is 2. The Hall–Kier alpha value is -1.61. The van der Waals surface area contributed by atoms with Gasteiger partial charge in [0.25, 0.3) is 0 Å². The van der Waals surface area contributed by atoms with Crippen molar-refractivity contribution >= 4 is 56.1 Å².